The lowest BCUT2D eigenvalue weighted by Gasteiger charge is -1.93. The van der Waals surface area contributed by atoms with Gasteiger partial charge in [0.25, 0.3) is 0 Å². The summed E-state index contributed by atoms with van der Waals surface area (Å²) in [6.07, 6.45) is 1.78. The minimum atomic E-state index is 0.536. The second-order valence-corrected chi connectivity index (χ2v) is 2.58. The highest BCUT2D eigenvalue weighted by Gasteiger charge is 2.02. The van der Waals surface area contributed by atoms with Crippen molar-refractivity contribution in [1.29, 1.82) is 0 Å². The number of aromatic amines is 1. The van der Waals surface area contributed by atoms with E-state index in [2.05, 4.69) is 16.8 Å². The lowest BCUT2D eigenvalue weighted by Crippen LogP contribution is -1.83. The van der Waals surface area contributed by atoms with Crippen LogP contribution in [0.25, 0.3) is 17.0 Å². The molecule has 0 aliphatic carbocycles. The van der Waals surface area contributed by atoms with Gasteiger partial charge < -0.3 is 5.73 Å². The Morgan fingerprint density at radius 3 is 3.08 bits per heavy atom. The number of nitrogens with two attached hydrogens (primary N) is 1. The van der Waals surface area contributed by atoms with E-state index in [4.69, 9.17) is 5.73 Å². The monoisotopic (exact) mass is 159 g/mol. The number of nitrogen functional groups attached to an aromatic ring is 1. The summed E-state index contributed by atoms with van der Waals surface area (Å²) in [6.45, 7) is 3.70. The Hall–Kier alpha value is -1.77. The molecule has 0 bridgehead atoms. The second-order valence-electron chi connectivity index (χ2n) is 2.58. The highest BCUT2D eigenvalue weighted by atomic mass is 15.1. The third kappa shape index (κ3) is 0.797. The summed E-state index contributed by atoms with van der Waals surface area (Å²) in [7, 11) is 0. The largest absolute Gasteiger partial charge is 0.382 e. The molecule has 60 valence electrons. The Kier molecular flexibility index (Phi) is 1.37. The van der Waals surface area contributed by atoms with Crippen LogP contribution in [-0.2, 0) is 0 Å². The van der Waals surface area contributed by atoms with Gasteiger partial charge in [-0.25, -0.2) is 0 Å². The van der Waals surface area contributed by atoms with Gasteiger partial charge >= 0.3 is 0 Å². The molecule has 3 N–H and O–H groups in total. The highest BCUT2D eigenvalue weighted by Crippen LogP contribution is 2.21. The van der Waals surface area contributed by atoms with E-state index in [1.165, 1.54) is 0 Å². The molecule has 0 aliphatic rings. The molecule has 2 aromatic rings. The number of benzene rings is 1. The van der Waals surface area contributed by atoms with E-state index in [9.17, 15) is 0 Å². The van der Waals surface area contributed by atoms with E-state index in [0.29, 0.717) is 5.82 Å². The van der Waals surface area contributed by atoms with Gasteiger partial charge in [-0.3, -0.25) is 5.10 Å². The number of H-pyrrole nitrogens is 1. The van der Waals surface area contributed by atoms with Crippen molar-refractivity contribution in [2.24, 2.45) is 0 Å². The average Bonchev–Trinajstić information content (AvgIpc) is 2.48. The van der Waals surface area contributed by atoms with Gasteiger partial charge in [0.1, 0.15) is 0 Å². The Balaban J connectivity index is 2.89. The number of hydrogen-bond donors (Lipinski definition) is 2. The molecule has 1 aromatic heterocycles. The van der Waals surface area contributed by atoms with Gasteiger partial charge in [0, 0.05) is 5.39 Å². The third-order valence-electron chi connectivity index (χ3n) is 1.88. The Labute approximate surface area is 69.9 Å². The van der Waals surface area contributed by atoms with Gasteiger partial charge in [-0.1, -0.05) is 24.8 Å². The first-order valence-electron chi connectivity index (χ1n) is 3.68. The van der Waals surface area contributed by atoms with Crippen molar-refractivity contribution < 1.29 is 0 Å². The molecule has 3 heteroatoms. The summed E-state index contributed by atoms with van der Waals surface area (Å²) in [5.41, 5.74) is 7.60. The van der Waals surface area contributed by atoms with Gasteiger partial charge in [0.15, 0.2) is 5.82 Å². The van der Waals surface area contributed by atoms with E-state index in [-0.39, 0.29) is 0 Å². The van der Waals surface area contributed by atoms with Crippen LogP contribution in [0.3, 0.4) is 0 Å². The van der Waals surface area contributed by atoms with Crippen molar-refractivity contribution in [2.75, 3.05) is 5.73 Å². The van der Waals surface area contributed by atoms with E-state index < -0.39 is 0 Å². The molecule has 0 radical (unpaired) electrons. The maximum Gasteiger partial charge on any atom is 0.153 e. The first-order valence-corrected chi connectivity index (χ1v) is 3.68. The zero-order valence-electron chi connectivity index (χ0n) is 6.54. The van der Waals surface area contributed by atoms with Crippen molar-refractivity contribution >= 4 is 22.8 Å². The first-order chi connectivity index (χ1) is 5.83. The average molecular weight is 159 g/mol. The molecule has 0 unspecified atom stereocenters. The van der Waals surface area contributed by atoms with Crippen LogP contribution in [0.1, 0.15) is 5.56 Å². The summed E-state index contributed by atoms with van der Waals surface area (Å²) in [4.78, 5) is 0. The zero-order chi connectivity index (χ0) is 8.55. The highest BCUT2D eigenvalue weighted by molar-refractivity contribution is 5.93. The predicted octanol–water partition coefficient (Wildman–Crippen LogP) is 1.79. The molecule has 0 atom stereocenters. The fraction of sp³-hybridized carbons (Fsp3) is 0. The number of para-hydroxylation sites is 1. The van der Waals surface area contributed by atoms with Crippen LogP contribution < -0.4 is 5.73 Å². The van der Waals surface area contributed by atoms with Crippen LogP contribution in [0, 0.1) is 0 Å². The number of hydrogen-bond acceptors (Lipinski definition) is 2. The molecule has 1 heterocycles. The number of nitrogens with zero attached hydrogens (tertiary/aromatic N) is 1. The number of anilines is 1. The molecular weight excluding hydrogens is 150 g/mol. The molecule has 12 heavy (non-hydrogen) atoms. The maximum atomic E-state index is 5.62. The summed E-state index contributed by atoms with van der Waals surface area (Å²) < 4.78 is 0. The van der Waals surface area contributed by atoms with E-state index in [1.807, 2.05) is 18.2 Å². The minimum absolute atomic E-state index is 0.536. The summed E-state index contributed by atoms with van der Waals surface area (Å²) in [6, 6.07) is 5.83. The van der Waals surface area contributed by atoms with Crippen LogP contribution in [0.5, 0.6) is 0 Å². The summed E-state index contributed by atoms with van der Waals surface area (Å²) in [5, 5.41) is 7.72. The van der Waals surface area contributed by atoms with Crippen LogP contribution in [0.15, 0.2) is 24.8 Å². The Morgan fingerprint density at radius 2 is 2.33 bits per heavy atom. The Bertz CT molecular complexity index is 428. The Morgan fingerprint density at radius 1 is 1.50 bits per heavy atom. The maximum absolute atomic E-state index is 5.62. The van der Waals surface area contributed by atoms with Crippen LogP contribution >= 0.6 is 0 Å². The summed E-state index contributed by atoms with van der Waals surface area (Å²) >= 11 is 0. The van der Waals surface area contributed by atoms with Crippen molar-refractivity contribution in [1.82, 2.24) is 10.2 Å². The molecular formula is C9H9N3. The SMILES string of the molecule is C=Cc1cccc2c(N)n[nH]c12. The molecule has 0 amide bonds. The predicted molar refractivity (Wildman–Crippen MR) is 50.6 cm³/mol. The van der Waals surface area contributed by atoms with Gasteiger partial charge in [-0.05, 0) is 11.6 Å². The van der Waals surface area contributed by atoms with E-state index in [0.717, 1.165) is 16.5 Å². The lowest BCUT2D eigenvalue weighted by molar-refractivity contribution is 1.13. The van der Waals surface area contributed by atoms with E-state index >= 15 is 0 Å². The molecule has 1 aromatic carbocycles. The third-order valence-corrected chi connectivity index (χ3v) is 1.88. The lowest BCUT2D eigenvalue weighted by atomic mass is 10.1. The number of aromatic nitrogens is 2. The van der Waals surface area contributed by atoms with Gasteiger partial charge in [0.05, 0.1) is 5.52 Å². The van der Waals surface area contributed by atoms with Crippen molar-refractivity contribution in [2.45, 2.75) is 0 Å². The van der Waals surface area contributed by atoms with Crippen LogP contribution in [0.2, 0.25) is 0 Å². The molecule has 0 saturated carbocycles. The molecule has 2 rings (SSSR count). The van der Waals surface area contributed by atoms with Crippen molar-refractivity contribution in [3.8, 4) is 0 Å². The van der Waals surface area contributed by atoms with Crippen molar-refractivity contribution in [3.63, 3.8) is 0 Å². The standard InChI is InChI=1S/C9H9N3/c1-2-6-4-3-5-7-8(6)11-12-9(7)10/h2-5H,1H2,(H3,10,11,12). The molecule has 3 nitrogen and oxygen atoms in total. The normalized spacial score (nSPS) is 10.3. The topological polar surface area (TPSA) is 54.7 Å². The molecule has 0 spiro atoms. The molecule has 0 fully saturated rings. The second kappa shape index (κ2) is 2.37. The summed E-state index contributed by atoms with van der Waals surface area (Å²) in [5.74, 6) is 0.536. The quantitative estimate of drug-likeness (QED) is 0.666. The first kappa shape index (κ1) is 6.91. The minimum Gasteiger partial charge on any atom is -0.382 e. The molecule has 0 aliphatic heterocycles. The molecule has 0 saturated heterocycles. The van der Waals surface area contributed by atoms with Gasteiger partial charge in [0.2, 0.25) is 0 Å². The fourth-order valence-electron chi connectivity index (χ4n) is 1.25. The van der Waals surface area contributed by atoms with Gasteiger partial charge in [-0.15, -0.1) is 0 Å². The van der Waals surface area contributed by atoms with E-state index in [1.54, 1.807) is 6.08 Å². The number of fused-ring (bicyclic) bond motifs is 1. The fourth-order valence-corrected chi connectivity index (χ4v) is 1.25. The van der Waals surface area contributed by atoms with Gasteiger partial charge in [-0.2, -0.15) is 5.10 Å². The van der Waals surface area contributed by atoms with Crippen LogP contribution in [-0.4, -0.2) is 10.2 Å². The zero-order valence-corrected chi connectivity index (χ0v) is 6.54. The van der Waals surface area contributed by atoms with Crippen molar-refractivity contribution in [3.05, 3.63) is 30.3 Å². The van der Waals surface area contributed by atoms with Crippen LogP contribution in [0.4, 0.5) is 5.82 Å². The number of nitrogens with one attached hydrogen (secondary N) is 1. The number of rotatable bonds is 1. The smallest absolute Gasteiger partial charge is 0.153 e.